The molecule has 1 amide bonds. The van der Waals surface area contributed by atoms with Gasteiger partial charge in [-0.1, -0.05) is 13.0 Å². The number of carbonyl (C=O) groups is 1. The number of methoxy groups -OCH3 is 1. The van der Waals surface area contributed by atoms with E-state index in [1.54, 1.807) is 31.6 Å². The van der Waals surface area contributed by atoms with Crippen LogP contribution in [-0.4, -0.2) is 24.1 Å². The number of aromatic nitrogens is 1. The second kappa shape index (κ2) is 8.02. The average Bonchev–Trinajstić information content (AvgIpc) is 2.58. The fourth-order valence-electron chi connectivity index (χ4n) is 1.96. The molecule has 5 nitrogen and oxygen atoms in total. The van der Waals surface area contributed by atoms with Crippen LogP contribution in [0.4, 0.5) is 0 Å². The molecule has 1 unspecified atom stereocenters. The van der Waals surface area contributed by atoms with Crippen molar-refractivity contribution < 1.29 is 14.3 Å². The highest BCUT2D eigenvalue weighted by molar-refractivity contribution is 5.81. The van der Waals surface area contributed by atoms with Crippen molar-refractivity contribution >= 4 is 5.91 Å². The molecule has 22 heavy (non-hydrogen) atoms. The lowest BCUT2D eigenvalue weighted by atomic mass is 10.2. The Bertz CT molecular complexity index is 602. The summed E-state index contributed by atoms with van der Waals surface area (Å²) in [6, 6.07) is 11.0. The van der Waals surface area contributed by atoms with E-state index in [9.17, 15) is 4.79 Å². The molecule has 116 valence electrons. The summed E-state index contributed by atoms with van der Waals surface area (Å²) in [6.07, 6.45) is 3.45. The van der Waals surface area contributed by atoms with Crippen LogP contribution < -0.4 is 14.8 Å². The number of ether oxygens (including phenoxy) is 2. The number of nitrogens with one attached hydrogen (secondary N) is 1. The van der Waals surface area contributed by atoms with Gasteiger partial charge in [0.25, 0.3) is 5.91 Å². The summed E-state index contributed by atoms with van der Waals surface area (Å²) in [5, 5.41) is 2.88. The zero-order chi connectivity index (χ0) is 15.8. The van der Waals surface area contributed by atoms with Crippen molar-refractivity contribution in [2.24, 2.45) is 0 Å². The van der Waals surface area contributed by atoms with Gasteiger partial charge in [0.15, 0.2) is 6.10 Å². The van der Waals surface area contributed by atoms with E-state index >= 15 is 0 Å². The Labute approximate surface area is 130 Å². The Kier molecular flexibility index (Phi) is 5.77. The first-order valence-corrected chi connectivity index (χ1v) is 7.20. The van der Waals surface area contributed by atoms with Crippen LogP contribution in [0.3, 0.4) is 0 Å². The van der Waals surface area contributed by atoms with Crippen molar-refractivity contribution in [2.45, 2.75) is 26.0 Å². The number of amides is 1. The van der Waals surface area contributed by atoms with Crippen molar-refractivity contribution in [1.82, 2.24) is 10.3 Å². The van der Waals surface area contributed by atoms with E-state index < -0.39 is 6.10 Å². The van der Waals surface area contributed by atoms with Gasteiger partial charge in [-0.15, -0.1) is 0 Å². The van der Waals surface area contributed by atoms with Gasteiger partial charge in [0.05, 0.1) is 7.11 Å². The van der Waals surface area contributed by atoms with E-state index in [1.807, 2.05) is 31.2 Å². The molecule has 0 aliphatic carbocycles. The van der Waals surface area contributed by atoms with Crippen molar-refractivity contribution in [2.75, 3.05) is 7.11 Å². The molecule has 1 aromatic carbocycles. The van der Waals surface area contributed by atoms with E-state index in [2.05, 4.69) is 10.3 Å². The Morgan fingerprint density at radius 2 is 1.95 bits per heavy atom. The van der Waals surface area contributed by atoms with Gasteiger partial charge in [-0.2, -0.15) is 0 Å². The third-order valence-corrected chi connectivity index (χ3v) is 3.20. The van der Waals surface area contributed by atoms with Gasteiger partial charge in [0.1, 0.15) is 11.5 Å². The lowest BCUT2D eigenvalue weighted by Crippen LogP contribution is -2.37. The van der Waals surface area contributed by atoms with Crippen LogP contribution in [0.5, 0.6) is 11.5 Å². The lowest BCUT2D eigenvalue weighted by molar-refractivity contribution is -0.128. The molecule has 1 aromatic heterocycles. The Morgan fingerprint density at radius 3 is 2.64 bits per heavy atom. The van der Waals surface area contributed by atoms with Crippen molar-refractivity contribution in [3.05, 3.63) is 54.4 Å². The fraction of sp³-hybridized carbons (Fsp3) is 0.294. The monoisotopic (exact) mass is 300 g/mol. The van der Waals surface area contributed by atoms with Crippen LogP contribution in [0.25, 0.3) is 0 Å². The number of carbonyl (C=O) groups excluding carboxylic acids is 1. The number of rotatable bonds is 7. The molecule has 0 aliphatic rings. The molecule has 1 N–H and O–H groups in total. The van der Waals surface area contributed by atoms with Crippen molar-refractivity contribution in [3.8, 4) is 11.5 Å². The van der Waals surface area contributed by atoms with E-state index in [0.717, 1.165) is 5.56 Å². The first-order valence-electron chi connectivity index (χ1n) is 7.20. The summed E-state index contributed by atoms with van der Waals surface area (Å²) in [4.78, 5) is 16.2. The molecule has 5 heteroatoms. The summed E-state index contributed by atoms with van der Waals surface area (Å²) in [6.45, 7) is 2.37. The van der Waals surface area contributed by atoms with Crippen LogP contribution in [0, 0.1) is 0 Å². The second-order valence-electron chi connectivity index (χ2n) is 4.77. The predicted molar refractivity (Wildman–Crippen MR) is 83.8 cm³/mol. The minimum atomic E-state index is -0.533. The quantitative estimate of drug-likeness (QED) is 0.853. The molecule has 1 heterocycles. The highest BCUT2D eigenvalue weighted by atomic mass is 16.5. The number of benzene rings is 1. The van der Waals surface area contributed by atoms with E-state index in [-0.39, 0.29) is 5.91 Å². The molecule has 0 saturated heterocycles. The minimum absolute atomic E-state index is 0.137. The molecular formula is C17H20N2O3. The van der Waals surface area contributed by atoms with Gasteiger partial charge < -0.3 is 14.8 Å². The molecule has 2 rings (SSSR count). The van der Waals surface area contributed by atoms with E-state index in [4.69, 9.17) is 9.47 Å². The van der Waals surface area contributed by atoms with Gasteiger partial charge in [0, 0.05) is 25.0 Å². The highest BCUT2D eigenvalue weighted by Crippen LogP contribution is 2.20. The fourth-order valence-corrected chi connectivity index (χ4v) is 1.96. The highest BCUT2D eigenvalue weighted by Gasteiger charge is 2.18. The molecule has 0 aliphatic heterocycles. The van der Waals surface area contributed by atoms with E-state index in [0.29, 0.717) is 24.5 Å². The molecule has 0 radical (unpaired) electrons. The first kappa shape index (κ1) is 15.8. The van der Waals surface area contributed by atoms with Gasteiger partial charge in [-0.25, -0.2) is 0 Å². The number of pyridine rings is 1. The van der Waals surface area contributed by atoms with Crippen LogP contribution in [-0.2, 0) is 11.3 Å². The minimum Gasteiger partial charge on any atom is -0.497 e. The summed E-state index contributed by atoms with van der Waals surface area (Å²) in [5.74, 6) is 1.18. The molecular weight excluding hydrogens is 280 g/mol. The molecule has 0 bridgehead atoms. The SMILES string of the molecule is CCC(Oc1cccc(OC)c1)C(=O)NCc1ccncc1. The zero-order valence-corrected chi connectivity index (χ0v) is 12.8. The topological polar surface area (TPSA) is 60.5 Å². The van der Waals surface area contributed by atoms with Crippen LogP contribution in [0.1, 0.15) is 18.9 Å². The summed E-state index contributed by atoms with van der Waals surface area (Å²) >= 11 is 0. The van der Waals surface area contributed by atoms with Crippen molar-refractivity contribution in [3.63, 3.8) is 0 Å². The third-order valence-electron chi connectivity index (χ3n) is 3.20. The standard InChI is InChI=1S/C17H20N2O3/c1-3-16(22-15-6-4-5-14(11-15)21-2)17(20)19-12-13-7-9-18-10-8-13/h4-11,16H,3,12H2,1-2H3,(H,19,20). The van der Waals surface area contributed by atoms with Gasteiger partial charge in [-0.05, 0) is 36.2 Å². The lowest BCUT2D eigenvalue weighted by Gasteiger charge is -2.17. The predicted octanol–water partition coefficient (Wildman–Crippen LogP) is 2.56. The van der Waals surface area contributed by atoms with Gasteiger partial charge in [0.2, 0.25) is 0 Å². The van der Waals surface area contributed by atoms with Crippen molar-refractivity contribution in [1.29, 1.82) is 0 Å². The maximum atomic E-state index is 12.2. The second-order valence-corrected chi connectivity index (χ2v) is 4.77. The summed E-state index contributed by atoms with van der Waals surface area (Å²) in [5.41, 5.74) is 1.000. The molecule has 0 spiro atoms. The third kappa shape index (κ3) is 4.48. The average molecular weight is 300 g/mol. The van der Waals surface area contributed by atoms with Crippen LogP contribution >= 0.6 is 0 Å². The summed E-state index contributed by atoms with van der Waals surface area (Å²) < 4.78 is 10.9. The molecule has 0 saturated carbocycles. The maximum absolute atomic E-state index is 12.2. The summed E-state index contributed by atoms with van der Waals surface area (Å²) in [7, 11) is 1.60. The Morgan fingerprint density at radius 1 is 1.23 bits per heavy atom. The Balaban J connectivity index is 1.93. The largest absolute Gasteiger partial charge is 0.497 e. The number of hydrogen-bond acceptors (Lipinski definition) is 4. The van der Waals surface area contributed by atoms with Crippen LogP contribution in [0.2, 0.25) is 0 Å². The molecule has 1 atom stereocenters. The number of nitrogens with zero attached hydrogens (tertiary/aromatic N) is 1. The normalized spacial score (nSPS) is 11.5. The Hall–Kier alpha value is -2.56. The zero-order valence-electron chi connectivity index (χ0n) is 12.8. The van der Waals surface area contributed by atoms with E-state index in [1.165, 1.54) is 0 Å². The van der Waals surface area contributed by atoms with Gasteiger partial charge >= 0.3 is 0 Å². The smallest absolute Gasteiger partial charge is 0.261 e. The van der Waals surface area contributed by atoms with Gasteiger partial charge in [-0.3, -0.25) is 9.78 Å². The first-order chi connectivity index (χ1) is 10.7. The van der Waals surface area contributed by atoms with Crippen LogP contribution in [0.15, 0.2) is 48.8 Å². The number of hydrogen-bond donors (Lipinski definition) is 1. The maximum Gasteiger partial charge on any atom is 0.261 e. The molecule has 2 aromatic rings. The molecule has 0 fully saturated rings.